The van der Waals surface area contributed by atoms with Crippen molar-refractivity contribution in [3.8, 4) is 0 Å². The molecule has 0 aliphatic rings. The Morgan fingerprint density at radius 1 is 0.412 bits per heavy atom. The molecule has 2 amide bonds. The number of unbranched alkanes of at least 4 members (excludes halogenated alkanes) is 27. The fraction of sp³-hybridized carbons (Fsp3) is 0.867. The van der Waals surface area contributed by atoms with E-state index >= 15 is 0 Å². The maximum absolute atomic E-state index is 13.4. The topological polar surface area (TPSA) is 102 Å². The van der Waals surface area contributed by atoms with Crippen LogP contribution in [0.3, 0.4) is 0 Å². The summed E-state index contributed by atoms with van der Waals surface area (Å²) in [7, 11) is 0. The quantitative estimate of drug-likeness (QED) is 0.0370. The van der Waals surface area contributed by atoms with Crippen molar-refractivity contribution >= 4 is 23.4 Å². The average molecular weight is 958 g/mol. The predicted molar refractivity (Wildman–Crippen MR) is 290 cm³/mol. The zero-order chi connectivity index (χ0) is 49.9. The lowest BCUT2D eigenvalue weighted by atomic mass is 10.0. The second-order valence-electron chi connectivity index (χ2n) is 20.4. The molecule has 0 saturated carbocycles. The Morgan fingerprint density at radius 3 is 1.24 bits per heavy atom. The van der Waals surface area contributed by atoms with Crippen molar-refractivity contribution in [2.24, 2.45) is 0 Å². The van der Waals surface area contributed by atoms with E-state index < -0.39 is 5.79 Å². The number of rotatable bonds is 54. The molecule has 0 bridgehead atoms. The van der Waals surface area contributed by atoms with Crippen LogP contribution in [0, 0.1) is 0 Å². The number of carbonyl (C=O) groups excluding carboxylic acids is 4. The molecule has 398 valence electrons. The van der Waals surface area contributed by atoms with Crippen LogP contribution in [0.5, 0.6) is 0 Å². The van der Waals surface area contributed by atoms with Gasteiger partial charge in [-0.25, -0.2) is 0 Å². The van der Waals surface area contributed by atoms with Crippen molar-refractivity contribution in [1.82, 2.24) is 10.2 Å². The minimum Gasteiger partial charge on any atom is -0.356 e. The first-order valence-electron chi connectivity index (χ1n) is 29.3. The van der Waals surface area contributed by atoms with Crippen LogP contribution in [0.15, 0.2) is 24.3 Å². The molecular weight excluding hydrogens is 845 g/mol. The Hall–Kier alpha value is -2.32. The van der Waals surface area contributed by atoms with E-state index in [-0.39, 0.29) is 17.6 Å². The van der Waals surface area contributed by atoms with Gasteiger partial charge in [0.25, 0.3) is 0 Å². The molecule has 68 heavy (non-hydrogen) atoms. The van der Waals surface area contributed by atoms with Crippen molar-refractivity contribution in [3.05, 3.63) is 24.3 Å². The summed E-state index contributed by atoms with van der Waals surface area (Å²) in [6.45, 7) is 12.8. The molecule has 1 N–H and O–H groups in total. The smallest absolute Gasteiger partial charge is 0.222 e. The van der Waals surface area contributed by atoms with E-state index in [1.165, 1.54) is 167 Å². The van der Waals surface area contributed by atoms with Crippen LogP contribution < -0.4 is 5.32 Å². The minimum atomic E-state index is -0.782. The summed E-state index contributed by atoms with van der Waals surface area (Å²) in [5.41, 5.74) is 0. The van der Waals surface area contributed by atoms with Crippen LogP contribution in [-0.2, 0) is 28.7 Å². The number of nitrogens with one attached hydrogen (secondary N) is 1. The summed E-state index contributed by atoms with van der Waals surface area (Å²) >= 11 is 0. The number of hydrogen-bond acceptors (Lipinski definition) is 6. The number of nitrogens with zero attached hydrogens (tertiary/aromatic N) is 1. The summed E-state index contributed by atoms with van der Waals surface area (Å²) in [4.78, 5) is 52.3. The Bertz CT molecular complexity index is 1210. The zero-order valence-electron chi connectivity index (χ0n) is 45.7. The van der Waals surface area contributed by atoms with E-state index in [9.17, 15) is 19.2 Å². The molecule has 0 heterocycles. The number of Topliss-reactive ketones (excluding diaryl/α,β-unsaturated/α-hetero) is 2. The summed E-state index contributed by atoms with van der Waals surface area (Å²) in [5, 5.41) is 3.09. The van der Waals surface area contributed by atoms with E-state index in [1.807, 2.05) is 25.7 Å². The number of ether oxygens (including phenoxy) is 2. The monoisotopic (exact) mass is 957 g/mol. The van der Waals surface area contributed by atoms with E-state index in [0.717, 1.165) is 38.5 Å². The maximum atomic E-state index is 13.4. The van der Waals surface area contributed by atoms with E-state index in [4.69, 9.17) is 9.47 Å². The lowest BCUT2D eigenvalue weighted by Gasteiger charge is -2.26. The lowest BCUT2D eigenvalue weighted by molar-refractivity contribution is -0.214. The fourth-order valence-corrected chi connectivity index (χ4v) is 8.66. The Balaban J connectivity index is 4.39. The van der Waals surface area contributed by atoms with Crippen LogP contribution >= 0.6 is 0 Å². The third kappa shape index (κ3) is 48.7. The van der Waals surface area contributed by atoms with Crippen LogP contribution in [0.4, 0.5) is 0 Å². The summed E-state index contributed by atoms with van der Waals surface area (Å²) in [5.74, 6) is -0.0199. The first-order chi connectivity index (χ1) is 33.1. The van der Waals surface area contributed by atoms with Crippen molar-refractivity contribution < 1.29 is 28.7 Å². The van der Waals surface area contributed by atoms with Gasteiger partial charge in [0.05, 0.1) is 13.2 Å². The molecule has 0 aliphatic carbocycles. The second-order valence-corrected chi connectivity index (χ2v) is 20.4. The molecule has 0 spiro atoms. The maximum Gasteiger partial charge on any atom is 0.222 e. The lowest BCUT2D eigenvalue weighted by Crippen LogP contribution is -2.35. The highest BCUT2D eigenvalue weighted by Gasteiger charge is 2.20. The highest BCUT2D eigenvalue weighted by atomic mass is 16.7. The molecule has 0 unspecified atom stereocenters. The molecule has 8 heteroatoms. The van der Waals surface area contributed by atoms with Gasteiger partial charge in [0, 0.05) is 58.2 Å². The molecule has 0 radical (unpaired) electrons. The van der Waals surface area contributed by atoms with Gasteiger partial charge in [0.15, 0.2) is 5.79 Å². The fourth-order valence-electron chi connectivity index (χ4n) is 8.66. The Labute approximate surface area is 421 Å². The first kappa shape index (κ1) is 65.7. The molecule has 0 saturated heterocycles. The normalized spacial score (nSPS) is 11.9. The Morgan fingerprint density at radius 2 is 0.779 bits per heavy atom. The molecule has 0 rings (SSSR count). The summed E-state index contributed by atoms with van der Waals surface area (Å²) in [6, 6.07) is 0. The minimum absolute atomic E-state index is 0.0848. The van der Waals surface area contributed by atoms with Crippen LogP contribution in [0.2, 0.25) is 0 Å². The molecular formula is C60H112N2O6. The van der Waals surface area contributed by atoms with Gasteiger partial charge in [-0.15, -0.1) is 0 Å². The molecule has 0 atom stereocenters. The predicted octanol–water partition coefficient (Wildman–Crippen LogP) is 17.0. The first-order valence-corrected chi connectivity index (χ1v) is 29.3. The summed E-state index contributed by atoms with van der Waals surface area (Å²) in [6.07, 6.45) is 54.5. The molecule has 0 aromatic carbocycles. The van der Waals surface area contributed by atoms with Crippen LogP contribution in [0.25, 0.3) is 0 Å². The van der Waals surface area contributed by atoms with Crippen LogP contribution in [0.1, 0.15) is 298 Å². The molecule has 0 fully saturated rings. The SMILES string of the molecule is CCCCCCCCC/C=C\CCCCCCCC(=O)CCCCN(CCCNC(=O)CCCCCCCC/C=C\CCCCCCCCCC)C(=O)CCCOC(C)(C)OCCCC(=O)CC. The number of carbonyl (C=O) groups is 4. The van der Waals surface area contributed by atoms with E-state index in [1.54, 1.807) is 0 Å². The van der Waals surface area contributed by atoms with E-state index in [0.29, 0.717) is 96.4 Å². The Kier molecular flexibility index (Phi) is 49.3. The van der Waals surface area contributed by atoms with E-state index in [2.05, 4.69) is 43.5 Å². The third-order valence-corrected chi connectivity index (χ3v) is 13.2. The van der Waals surface area contributed by atoms with Gasteiger partial charge in [-0.1, -0.05) is 173 Å². The standard InChI is InChI=1S/C60H112N2O6/c1-6-9-11-13-15-17-19-21-23-25-26-28-30-32-34-36-38-40-49-58(65)61-51-45-53-62(59(66)50-44-55-68-60(4,5)67-54-43-48-56(63)8-3)52-42-41-47-57(64)46-39-37-35-33-31-29-27-24-22-20-18-16-14-12-10-7-2/h24-27H,6-23,28-55H2,1-5H3,(H,61,65)/b26-25-,27-24-. The highest BCUT2D eigenvalue weighted by molar-refractivity contribution is 5.78. The van der Waals surface area contributed by atoms with Crippen LogP contribution in [-0.4, -0.2) is 66.9 Å². The van der Waals surface area contributed by atoms with Gasteiger partial charge in [0.1, 0.15) is 11.6 Å². The van der Waals surface area contributed by atoms with Gasteiger partial charge in [0.2, 0.25) is 11.8 Å². The molecule has 0 aromatic rings. The van der Waals surface area contributed by atoms with Crippen molar-refractivity contribution in [1.29, 1.82) is 0 Å². The van der Waals surface area contributed by atoms with Gasteiger partial charge in [-0.2, -0.15) is 0 Å². The van der Waals surface area contributed by atoms with Gasteiger partial charge >= 0.3 is 0 Å². The third-order valence-electron chi connectivity index (χ3n) is 13.2. The van der Waals surface area contributed by atoms with Gasteiger partial charge in [-0.3, -0.25) is 19.2 Å². The average Bonchev–Trinajstić information content (AvgIpc) is 3.32. The number of ketones is 2. The second kappa shape index (κ2) is 51.0. The van der Waals surface area contributed by atoms with Gasteiger partial charge < -0.3 is 19.7 Å². The molecule has 8 nitrogen and oxygen atoms in total. The molecule has 0 aliphatic heterocycles. The van der Waals surface area contributed by atoms with Gasteiger partial charge in [-0.05, 0) is 110 Å². The number of amides is 2. The van der Waals surface area contributed by atoms with Crippen molar-refractivity contribution in [2.75, 3.05) is 32.8 Å². The summed E-state index contributed by atoms with van der Waals surface area (Å²) < 4.78 is 11.8. The van der Waals surface area contributed by atoms with Crippen molar-refractivity contribution in [2.45, 2.75) is 304 Å². The number of hydrogen-bond donors (Lipinski definition) is 1. The molecule has 0 aromatic heterocycles. The zero-order valence-corrected chi connectivity index (χ0v) is 45.7. The highest BCUT2D eigenvalue weighted by Crippen LogP contribution is 2.16. The van der Waals surface area contributed by atoms with Crippen molar-refractivity contribution in [3.63, 3.8) is 0 Å². The largest absolute Gasteiger partial charge is 0.356 e. The number of allylic oxidation sites excluding steroid dienone is 4.